The maximum absolute atomic E-state index is 12.4. The average Bonchev–Trinajstić information content (AvgIpc) is 2.55. The Bertz CT molecular complexity index is 537. The lowest BCUT2D eigenvalue weighted by atomic mass is 10.1. The van der Waals surface area contributed by atoms with Gasteiger partial charge >= 0.3 is 5.97 Å². The van der Waals surface area contributed by atoms with E-state index in [0.717, 1.165) is 0 Å². The van der Waals surface area contributed by atoms with Crippen LogP contribution in [0.5, 0.6) is 11.5 Å². The predicted molar refractivity (Wildman–Crippen MR) is 77.2 cm³/mol. The zero-order chi connectivity index (χ0) is 16.1. The number of amides is 1. The average molecular weight is 309 g/mol. The number of nitrogens with zero attached hydrogens (tertiary/aromatic N) is 1. The number of rotatable bonds is 5. The Morgan fingerprint density at radius 1 is 1.32 bits per heavy atom. The number of benzene rings is 1. The lowest BCUT2D eigenvalue weighted by Crippen LogP contribution is -2.49. The minimum Gasteiger partial charge on any atom is -0.496 e. The first-order valence-corrected chi connectivity index (χ1v) is 6.89. The van der Waals surface area contributed by atoms with E-state index in [4.69, 9.17) is 19.3 Å². The van der Waals surface area contributed by atoms with Gasteiger partial charge in [0.05, 0.1) is 33.8 Å². The summed E-state index contributed by atoms with van der Waals surface area (Å²) in [6.07, 6.45) is -0.892. The monoisotopic (exact) mass is 309 g/mol. The van der Waals surface area contributed by atoms with Crippen LogP contribution in [0.3, 0.4) is 0 Å². The van der Waals surface area contributed by atoms with Crippen molar-refractivity contribution < 1.29 is 28.9 Å². The van der Waals surface area contributed by atoms with E-state index in [1.807, 2.05) is 0 Å². The fraction of sp³-hybridized carbons (Fsp3) is 0.467. The van der Waals surface area contributed by atoms with Crippen molar-refractivity contribution >= 4 is 11.9 Å². The summed E-state index contributed by atoms with van der Waals surface area (Å²) in [5, 5.41) is 8.99. The van der Waals surface area contributed by atoms with E-state index in [1.54, 1.807) is 18.2 Å². The van der Waals surface area contributed by atoms with Gasteiger partial charge in [0, 0.05) is 12.1 Å². The van der Waals surface area contributed by atoms with Crippen molar-refractivity contribution in [3.63, 3.8) is 0 Å². The van der Waals surface area contributed by atoms with Crippen LogP contribution in [0.15, 0.2) is 18.2 Å². The molecule has 1 heterocycles. The van der Waals surface area contributed by atoms with Crippen molar-refractivity contribution in [2.75, 3.05) is 33.9 Å². The molecule has 0 saturated carbocycles. The van der Waals surface area contributed by atoms with Crippen LogP contribution in [0.1, 0.15) is 5.56 Å². The normalized spacial score (nSPS) is 17.9. The topological polar surface area (TPSA) is 85.3 Å². The van der Waals surface area contributed by atoms with Gasteiger partial charge in [0.2, 0.25) is 5.91 Å². The molecule has 7 nitrogen and oxygen atoms in total. The second-order valence-corrected chi connectivity index (χ2v) is 4.86. The van der Waals surface area contributed by atoms with Crippen molar-refractivity contribution in [1.29, 1.82) is 0 Å². The third kappa shape index (κ3) is 3.48. The number of carboxylic acid groups (broad SMARTS) is 1. The smallest absolute Gasteiger partial charge is 0.334 e. The number of ether oxygens (including phenoxy) is 3. The highest BCUT2D eigenvalue weighted by Gasteiger charge is 2.29. The fourth-order valence-electron chi connectivity index (χ4n) is 2.39. The van der Waals surface area contributed by atoms with Crippen LogP contribution in [0.2, 0.25) is 0 Å². The molecule has 22 heavy (non-hydrogen) atoms. The minimum absolute atomic E-state index is 0.0473. The fourth-order valence-corrected chi connectivity index (χ4v) is 2.39. The molecule has 1 aliphatic heterocycles. The van der Waals surface area contributed by atoms with Crippen molar-refractivity contribution in [2.24, 2.45) is 0 Å². The third-order valence-electron chi connectivity index (χ3n) is 3.55. The molecule has 1 saturated heterocycles. The van der Waals surface area contributed by atoms with E-state index >= 15 is 0 Å². The van der Waals surface area contributed by atoms with Gasteiger partial charge in [-0.3, -0.25) is 4.79 Å². The van der Waals surface area contributed by atoms with Crippen LogP contribution >= 0.6 is 0 Å². The molecule has 1 aliphatic rings. The number of carboxylic acids is 1. The Hall–Kier alpha value is -2.28. The van der Waals surface area contributed by atoms with Gasteiger partial charge < -0.3 is 24.2 Å². The Morgan fingerprint density at radius 2 is 1.95 bits per heavy atom. The summed E-state index contributed by atoms with van der Waals surface area (Å²) in [6.45, 7) is 0.636. The number of aliphatic carboxylic acids is 1. The van der Waals surface area contributed by atoms with E-state index in [1.165, 1.54) is 19.1 Å². The van der Waals surface area contributed by atoms with Gasteiger partial charge in [-0.15, -0.1) is 0 Å². The highest BCUT2D eigenvalue weighted by molar-refractivity contribution is 5.82. The molecule has 120 valence electrons. The molecule has 0 bridgehead atoms. The van der Waals surface area contributed by atoms with Crippen LogP contribution < -0.4 is 9.47 Å². The number of hydrogen-bond donors (Lipinski definition) is 1. The summed E-state index contributed by atoms with van der Waals surface area (Å²) in [7, 11) is 3.05. The molecular formula is C15H19NO6. The number of morpholine rings is 1. The van der Waals surface area contributed by atoms with E-state index in [-0.39, 0.29) is 25.5 Å². The molecular weight excluding hydrogens is 290 g/mol. The van der Waals surface area contributed by atoms with E-state index in [9.17, 15) is 9.59 Å². The number of methoxy groups -OCH3 is 2. The molecule has 1 fully saturated rings. The summed E-state index contributed by atoms with van der Waals surface area (Å²) in [5.74, 6) is -0.115. The SMILES string of the molecule is COc1cccc(OC)c1CC(=O)N1CCO[C@@H](C(=O)O)C1. The van der Waals surface area contributed by atoms with Crippen LogP contribution in [0.4, 0.5) is 0 Å². The standard InChI is InChI=1S/C15H19NO6/c1-20-11-4-3-5-12(21-2)10(11)8-14(17)16-6-7-22-13(9-16)15(18)19/h3-5,13H,6-9H2,1-2H3,(H,18,19)/t13-/m1/s1. The van der Waals surface area contributed by atoms with Gasteiger partial charge in [0.15, 0.2) is 6.10 Å². The largest absolute Gasteiger partial charge is 0.496 e. The van der Waals surface area contributed by atoms with E-state index in [2.05, 4.69) is 0 Å². The zero-order valence-corrected chi connectivity index (χ0v) is 12.6. The van der Waals surface area contributed by atoms with E-state index in [0.29, 0.717) is 23.6 Å². The van der Waals surface area contributed by atoms with Crippen molar-refractivity contribution in [2.45, 2.75) is 12.5 Å². The first-order chi connectivity index (χ1) is 10.6. The molecule has 0 aliphatic carbocycles. The Labute approximate surface area is 128 Å². The van der Waals surface area contributed by atoms with Gasteiger partial charge in [-0.1, -0.05) is 6.07 Å². The maximum atomic E-state index is 12.4. The molecule has 2 rings (SSSR count). The van der Waals surface area contributed by atoms with Crippen LogP contribution in [0, 0.1) is 0 Å². The first-order valence-electron chi connectivity index (χ1n) is 6.89. The van der Waals surface area contributed by atoms with Gasteiger partial charge in [0.1, 0.15) is 11.5 Å². The lowest BCUT2D eigenvalue weighted by Gasteiger charge is -2.31. The Kier molecular flexibility index (Phi) is 5.21. The van der Waals surface area contributed by atoms with Gasteiger partial charge in [0.25, 0.3) is 0 Å². The third-order valence-corrected chi connectivity index (χ3v) is 3.55. The number of carbonyl (C=O) groups excluding carboxylic acids is 1. The summed E-state index contributed by atoms with van der Waals surface area (Å²) in [5.41, 5.74) is 0.649. The van der Waals surface area contributed by atoms with Gasteiger partial charge in [-0.2, -0.15) is 0 Å². The summed E-state index contributed by atoms with van der Waals surface area (Å²) in [6, 6.07) is 5.29. The molecule has 1 N–H and O–H groups in total. The molecule has 0 radical (unpaired) electrons. The maximum Gasteiger partial charge on any atom is 0.334 e. The molecule has 1 atom stereocenters. The van der Waals surface area contributed by atoms with Crippen molar-refractivity contribution in [1.82, 2.24) is 4.90 Å². The molecule has 1 aromatic carbocycles. The minimum atomic E-state index is -1.06. The second kappa shape index (κ2) is 7.13. The second-order valence-electron chi connectivity index (χ2n) is 4.86. The molecule has 7 heteroatoms. The summed E-state index contributed by atoms with van der Waals surface area (Å²) in [4.78, 5) is 24.9. The number of carbonyl (C=O) groups is 2. The quantitative estimate of drug-likeness (QED) is 0.855. The Balaban J connectivity index is 2.13. The summed E-state index contributed by atoms with van der Waals surface area (Å²) >= 11 is 0. The molecule has 0 spiro atoms. The van der Waals surface area contributed by atoms with Gasteiger partial charge in [-0.05, 0) is 12.1 Å². The van der Waals surface area contributed by atoms with Crippen molar-refractivity contribution in [3.8, 4) is 11.5 Å². The van der Waals surface area contributed by atoms with Gasteiger partial charge in [-0.25, -0.2) is 4.79 Å². The Morgan fingerprint density at radius 3 is 2.50 bits per heavy atom. The highest BCUT2D eigenvalue weighted by atomic mass is 16.5. The molecule has 0 aromatic heterocycles. The van der Waals surface area contributed by atoms with Crippen LogP contribution in [0.25, 0.3) is 0 Å². The predicted octanol–water partition coefficient (Wildman–Crippen LogP) is 0.558. The highest BCUT2D eigenvalue weighted by Crippen LogP contribution is 2.29. The summed E-state index contributed by atoms with van der Waals surface area (Å²) < 4.78 is 15.6. The lowest BCUT2D eigenvalue weighted by molar-refractivity contribution is -0.159. The molecule has 0 unspecified atom stereocenters. The number of hydrogen-bond acceptors (Lipinski definition) is 5. The van der Waals surface area contributed by atoms with E-state index < -0.39 is 12.1 Å². The van der Waals surface area contributed by atoms with Crippen LogP contribution in [-0.2, 0) is 20.7 Å². The zero-order valence-electron chi connectivity index (χ0n) is 12.6. The molecule has 1 aromatic rings. The first kappa shape index (κ1) is 16.1. The van der Waals surface area contributed by atoms with Crippen molar-refractivity contribution in [3.05, 3.63) is 23.8 Å². The van der Waals surface area contributed by atoms with Crippen LogP contribution in [-0.4, -0.2) is 61.9 Å². The molecule has 1 amide bonds.